The van der Waals surface area contributed by atoms with Crippen molar-refractivity contribution >= 4 is 5.78 Å². The van der Waals surface area contributed by atoms with Gasteiger partial charge in [0.25, 0.3) is 0 Å². The molecule has 0 bridgehead atoms. The molecule has 0 aromatic heterocycles. The van der Waals surface area contributed by atoms with E-state index < -0.39 is 0 Å². The third-order valence-corrected chi connectivity index (χ3v) is 4.48. The molecular weight excluding hydrogens is 288 g/mol. The van der Waals surface area contributed by atoms with Crippen LogP contribution in [0, 0.1) is 0 Å². The Morgan fingerprint density at radius 3 is 2.57 bits per heavy atom. The van der Waals surface area contributed by atoms with Crippen molar-refractivity contribution in [2.24, 2.45) is 0 Å². The van der Waals surface area contributed by atoms with Gasteiger partial charge in [-0.1, -0.05) is 13.8 Å². The van der Waals surface area contributed by atoms with E-state index in [1.165, 1.54) is 0 Å². The largest absolute Gasteiger partial charge is 0.493 e. The predicted molar refractivity (Wildman–Crippen MR) is 94.5 cm³/mol. The van der Waals surface area contributed by atoms with E-state index in [1.54, 1.807) is 0 Å². The molecule has 1 heterocycles. The van der Waals surface area contributed by atoms with Crippen LogP contribution in [-0.4, -0.2) is 62.0 Å². The van der Waals surface area contributed by atoms with Crippen LogP contribution < -0.4 is 4.74 Å². The monoisotopic (exact) mass is 318 g/mol. The minimum Gasteiger partial charge on any atom is -0.493 e. The summed E-state index contributed by atoms with van der Waals surface area (Å²) in [5, 5.41) is 0. The second-order valence-electron chi connectivity index (χ2n) is 6.34. The summed E-state index contributed by atoms with van der Waals surface area (Å²) in [7, 11) is 2.15. The first-order valence-electron chi connectivity index (χ1n) is 8.83. The zero-order valence-corrected chi connectivity index (χ0v) is 14.8. The Kier molecular flexibility index (Phi) is 7.06. The normalized spacial score (nSPS) is 16.5. The lowest BCUT2D eigenvalue weighted by Gasteiger charge is -2.32. The van der Waals surface area contributed by atoms with Crippen LogP contribution in [-0.2, 0) is 6.42 Å². The minimum atomic E-state index is 0.237. The van der Waals surface area contributed by atoms with Gasteiger partial charge < -0.3 is 14.5 Å². The number of aryl methyl sites for hydroxylation is 1. The average molecular weight is 318 g/mol. The van der Waals surface area contributed by atoms with Crippen molar-refractivity contribution in [2.45, 2.75) is 33.1 Å². The molecule has 0 N–H and O–H groups in total. The second-order valence-corrected chi connectivity index (χ2v) is 6.34. The van der Waals surface area contributed by atoms with Gasteiger partial charge in [0.15, 0.2) is 5.78 Å². The lowest BCUT2D eigenvalue weighted by molar-refractivity contribution is 0.0941. The number of ether oxygens (including phenoxy) is 1. The lowest BCUT2D eigenvalue weighted by atomic mass is 10.0. The summed E-state index contributed by atoms with van der Waals surface area (Å²) in [4.78, 5) is 17.2. The Bertz CT molecular complexity index is 508. The van der Waals surface area contributed by atoms with Gasteiger partial charge in [-0.3, -0.25) is 4.79 Å². The Morgan fingerprint density at radius 2 is 1.91 bits per heavy atom. The van der Waals surface area contributed by atoms with Crippen LogP contribution in [0.4, 0.5) is 0 Å². The molecule has 0 amide bonds. The number of rotatable bonds is 8. The van der Waals surface area contributed by atoms with E-state index >= 15 is 0 Å². The van der Waals surface area contributed by atoms with E-state index in [0.29, 0.717) is 6.42 Å². The van der Waals surface area contributed by atoms with Crippen molar-refractivity contribution in [3.63, 3.8) is 0 Å². The van der Waals surface area contributed by atoms with Crippen LogP contribution in [0.15, 0.2) is 18.2 Å². The summed E-state index contributed by atoms with van der Waals surface area (Å²) in [5.74, 6) is 1.16. The maximum atomic E-state index is 12.5. The first-order chi connectivity index (χ1) is 11.1. The van der Waals surface area contributed by atoms with Crippen molar-refractivity contribution in [2.75, 3.05) is 46.4 Å². The Balaban J connectivity index is 1.91. The van der Waals surface area contributed by atoms with Crippen LogP contribution >= 0.6 is 0 Å². The maximum absolute atomic E-state index is 12.5. The number of nitrogens with zero attached hydrogens (tertiary/aromatic N) is 2. The van der Waals surface area contributed by atoms with Gasteiger partial charge in [-0.05, 0) is 43.7 Å². The molecule has 0 spiro atoms. The Morgan fingerprint density at radius 1 is 1.17 bits per heavy atom. The number of carbonyl (C=O) groups is 1. The third-order valence-electron chi connectivity index (χ3n) is 4.48. The van der Waals surface area contributed by atoms with Gasteiger partial charge >= 0.3 is 0 Å². The molecule has 0 unspecified atom stereocenters. The molecule has 1 aromatic rings. The molecule has 1 saturated heterocycles. The first-order valence-corrected chi connectivity index (χ1v) is 8.83. The van der Waals surface area contributed by atoms with Gasteiger partial charge in [0.1, 0.15) is 5.75 Å². The maximum Gasteiger partial charge on any atom is 0.164 e. The van der Waals surface area contributed by atoms with Crippen LogP contribution in [0.1, 0.15) is 42.6 Å². The summed E-state index contributed by atoms with van der Waals surface area (Å²) >= 11 is 0. The van der Waals surface area contributed by atoms with Crippen LogP contribution in [0.2, 0.25) is 0 Å². The van der Waals surface area contributed by atoms with Crippen molar-refractivity contribution in [1.29, 1.82) is 0 Å². The van der Waals surface area contributed by atoms with E-state index in [0.717, 1.165) is 69.0 Å². The second kappa shape index (κ2) is 9.04. The Labute approximate surface area is 140 Å². The fourth-order valence-corrected chi connectivity index (χ4v) is 2.86. The molecule has 4 heteroatoms. The molecule has 1 fully saturated rings. The average Bonchev–Trinajstić information content (AvgIpc) is 2.59. The van der Waals surface area contributed by atoms with Gasteiger partial charge in [0.05, 0.1) is 6.61 Å². The molecule has 0 aliphatic carbocycles. The molecule has 2 rings (SSSR count). The first kappa shape index (κ1) is 18.0. The number of hydrogen-bond donors (Lipinski definition) is 0. The molecule has 1 aliphatic rings. The van der Waals surface area contributed by atoms with Crippen LogP contribution in [0.25, 0.3) is 0 Å². The summed E-state index contributed by atoms with van der Waals surface area (Å²) in [5.41, 5.74) is 1.95. The molecule has 0 radical (unpaired) electrons. The molecule has 23 heavy (non-hydrogen) atoms. The Hall–Kier alpha value is -1.39. The molecule has 0 saturated carbocycles. The predicted octanol–water partition coefficient (Wildman–Crippen LogP) is 2.86. The molecule has 128 valence electrons. The summed E-state index contributed by atoms with van der Waals surface area (Å²) in [6, 6.07) is 5.88. The fourth-order valence-electron chi connectivity index (χ4n) is 2.86. The zero-order valence-electron chi connectivity index (χ0n) is 14.8. The SMILES string of the molecule is CCCOc1ccc(C(=O)CCN2CCN(C)CC2)cc1CC. The standard InChI is InChI=1S/C19H30N2O2/c1-4-14-23-19-7-6-17(15-16(19)5-2)18(22)8-9-21-12-10-20(3)11-13-21/h6-7,15H,4-5,8-14H2,1-3H3. The van der Waals surface area contributed by atoms with Crippen molar-refractivity contribution in [3.05, 3.63) is 29.3 Å². The van der Waals surface area contributed by atoms with Crippen molar-refractivity contribution in [3.8, 4) is 5.75 Å². The molecular formula is C19H30N2O2. The topological polar surface area (TPSA) is 32.8 Å². The fraction of sp³-hybridized carbons (Fsp3) is 0.632. The van der Waals surface area contributed by atoms with Crippen LogP contribution in [0.3, 0.4) is 0 Å². The molecule has 1 aliphatic heterocycles. The van der Waals surface area contributed by atoms with E-state index in [1.807, 2.05) is 18.2 Å². The number of carbonyl (C=O) groups excluding carboxylic acids is 1. The van der Waals surface area contributed by atoms with E-state index in [2.05, 4.69) is 30.7 Å². The molecule has 1 aromatic carbocycles. The number of likely N-dealkylation sites (N-methyl/N-ethyl adjacent to an activating group) is 1. The molecule has 4 nitrogen and oxygen atoms in total. The number of Topliss-reactive ketones (excluding diaryl/α,β-unsaturated/α-hetero) is 1. The van der Waals surface area contributed by atoms with Gasteiger partial charge in [0.2, 0.25) is 0 Å². The summed E-state index contributed by atoms with van der Waals surface area (Å²) in [6.07, 6.45) is 2.48. The zero-order chi connectivity index (χ0) is 16.7. The van der Waals surface area contributed by atoms with Crippen molar-refractivity contribution < 1.29 is 9.53 Å². The number of hydrogen-bond acceptors (Lipinski definition) is 4. The highest BCUT2D eigenvalue weighted by molar-refractivity contribution is 5.96. The van der Waals surface area contributed by atoms with E-state index in [-0.39, 0.29) is 5.78 Å². The third kappa shape index (κ3) is 5.33. The lowest BCUT2D eigenvalue weighted by Crippen LogP contribution is -2.45. The highest BCUT2D eigenvalue weighted by Crippen LogP contribution is 2.22. The van der Waals surface area contributed by atoms with E-state index in [9.17, 15) is 4.79 Å². The smallest absolute Gasteiger partial charge is 0.164 e. The highest BCUT2D eigenvalue weighted by atomic mass is 16.5. The van der Waals surface area contributed by atoms with Gasteiger partial charge in [-0.2, -0.15) is 0 Å². The highest BCUT2D eigenvalue weighted by Gasteiger charge is 2.16. The minimum absolute atomic E-state index is 0.237. The van der Waals surface area contributed by atoms with Crippen molar-refractivity contribution in [1.82, 2.24) is 9.80 Å². The van der Waals surface area contributed by atoms with Gasteiger partial charge in [-0.15, -0.1) is 0 Å². The number of piperazine rings is 1. The summed E-state index contributed by atoms with van der Waals surface area (Å²) < 4.78 is 5.75. The number of ketones is 1. The van der Waals surface area contributed by atoms with Gasteiger partial charge in [0, 0.05) is 44.7 Å². The van der Waals surface area contributed by atoms with Crippen LogP contribution in [0.5, 0.6) is 5.75 Å². The summed E-state index contributed by atoms with van der Waals surface area (Å²) in [6.45, 7) is 10.1. The van der Waals surface area contributed by atoms with E-state index in [4.69, 9.17) is 4.74 Å². The quantitative estimate of drug-likeness (QED) is 0.690. The number of benzene rings is 1. The van der Waals surface area contributed by atoms with Gasteiger partial charge in [-0.25, -0.2) is 0 Å². The molecule has 0 atom stereocenters.